The van der Waals surface area contributed by atoms with Gasteiger partial charge in [0.2, 0.25) is 0 Å². The molecule has 0 aromatic carbocycles. The minimum absolute atomic E-state index is 0.201. The Balaban J connectivity index is 0. The van der Waals surface area contributed by atoms with E-state index in [2.05, 4.69) is 26.3 Å². The second-order valence-corrected chi connectivity index (χ2v) is 1.64. The van der Waals surface area contributed by atoms with Gasteiger partial charge >= 0.3 is 0 Å². The number of allylic oxidation sites excluding steroid dienone is 2. The molecule has 3 heteroatoms. The highest BCUT2D eigenvalue weighted by atomic mass is 19.1. The molecule has 1 nitrogen and oxygen atoms in total. The first-order chi connectivity index (χ1) is 5.63. The van der Waals surface area contributed by atoms with Crippen molar-refractivity contribution >= 4 is 0 Å². The fourth-order valence-corrected chi connectivity index (χ4v) is 0.461. The van der Waals surface area contributed by atoms with E-state index in [1.807, 2.05) is 0 Å². The Bertz CT molecular complexity index is 195. The van der Waals surface area contributed by atoms with Crippen LogP contribution < -0.4 is 5.73 Å². The lowest BCUT2D eigenvalue weighted by molar-refractivity contribution is 0.607. The second kappa shape index (κ2) is 7.88. The summed E-state index contributed by atoms with van der Waals surface area (Å²) in [4.78, 5) is 0. The zero-order valence-corrected chi connectivity index (χ0v) is 6.95. The van der Waals surface area contributed by atoms with Crippen LogP contribution in [-0.2, 0) is 0 Å². The highest BCUT2D eigenvalue weighted by Crippen LogP contribution is 2.14. The number of hydrogen-bond acceptors (Lipinski definition) is 1. The van der Waals surface area contributed by atoms with Crippen LogP contribution in [0.3, 0.4) is 0 Å². The van der Waals surface area contributed by atoms with Crippen molar-refractivity contribution in [2.75, 3.05) is 6.54 Å². The van der Waals surface area contributed by atoms with Crippen molar-refractivity contribution in [1.82, 2.24) is 0 Å². The third-order valence-corrected chi connectivity index (χ3v) is 0.999. The first-order valence-electron chi connectivity index (χ1n) is 3.19. The minimum Gasteiger partial charge on any atom is -0.326 e. The molecule has 2 N–H and O–H groups in total. The van der Waals surface area contributed by atoms with Gasteiger partial charge in [-0.3, -0.25) is 0 Å². The predicted octanol–water partition coefficient (Wildman–Crippen LogP) is 2.64. The fraction of sp³-hybridized carbons (Fsp3) is 0.111. The average Bonchev–Trinajstić information content (AvgIpc) is 2.08. The molecular weight excluding hydrogens is 160 g/mol. The molecule has 0 amide bonds. The summed E-state index contributed by atoms with van der Waals surface area (Å²) in [5.74, 6) is -1.60. The summed E-state index contributed by atoms with van der Waals surface area (Å²) < 4.78 is 24.6. The minimum atomic E-state index is -0.847. The van der Waals surface area contributed by atoms with E-state index in [0.29, 0.717) is 0 Å². The summed E-state index contributed by atoms with van der Waals surface area (Å²) in [5.41, 5.74) is 4.78. The van der Waals surface area contributed by atoms with E-state index in [1.54, 1.807) is 0 Å². The molecule has 12 heavy (non-hydrogen) atoms. The first-order valence-corrected chi connectivity index (χ1v) is 3.19. The summed E-state index contributed by atoms with van der Waals surface area (Å²) in [6.45, 7) is 11.8. The molecule has 0 aliphatic carbocycles. The number of nitrogens with two attached hydrogens (primary N) is 1. The summed E-state index contributed by atoms with van der Waals surface area (Å²) in [7, 11) is 0. The molecule has 0 heterocycles. The van der Waals surface area contributed by atoms with E-state index in [4.69, 9.17) is 5.73 Å². The topological polar surface area (TPSA) is 26.0 Å². The third kappa shape index (κ3) is 4.57. The smallest absolute Gasteiger partial charge is 0.130 e. The number of hydrogen-bond donors (Lipinski definition) is 1. The van der Waals surface area contributed by atoms with Crippen LogP contribution in [0.4, 0.5) is 8.78 Å². The molecule has 0 aliphatic heterocycles. The molecule has 0 saturated carbocycles. The van der Waals surface area contributed by atoms with Crippen molar-refractivity contribution < 1.29 is 8.78 Å². The second-order valence-electron chi connectivity index (χ2n) is 1.64. The van der Waals surface area contributed by atoms with Crippen LogP contribution >= 0.6 is 0 Å². The van der Waals surface area contributed by atoms with Crippen LogP contribution in [0, 0.1) is 0 Å². The molecule has 0 aliphatic rings. The van der Waals surface area contributed by atoms with Crippen LogP contribution in [0.15, 0.2) is 49.6 Å². The van der Waals surface area contributed by atoms with E-state index in [9.17, 15) is 8.78 Å². The van der Waals surface area contributed by atoms with Gasteiger partial charge in [-0.05, 0) is 6.08 Å². The molecule has 0 aromatic rings. The summed E-state index contributed by atoms with van der Waals surface area (Å²) >= 11 is 0. The standard InChI is InChI=1S/C7H9F2N.C2H4/c1-3-7(9)6(4-10)5(2)8;1-2/h3H,1-2,4,10H2;1-2H2/b7-6+;. The predicted molar refractivity (Wildman–Crippen MR) is 48.9 cm³/mol. The van der Waals surface area contributed by atoms with Gasteiger partial charge in [0.15, 0.2) is 0 Å². The molecular formula is C9H13F2N. The Morgan fingerprint density at radius 1 is 1.33 bits per heavy atom. The van der Waals surface area contributed by atoms with Crippen LogP contribution in [-0.4, -0.2) is 6.54 Å². The van der Waals surface area contributed by atoms with Crippen LogP contribution in [0.25, 0.3) is 0 Å². The lowest BCUT2D eigenvalue weighted by Crippen LogP contribution is -2.04. The molecule has 0 aromatic heterocycles. The molecule has 0 fully saturated rings. The van der Waals surface area contributed by atoms with Crippen molar-refractivity contribution in [3.05, 3.63) is 49.6 Å². The maximum absolute atomic E-state index is 12.4. The van der Waals surface area contributed by atoms with E-state index in [-0.39, 0.29) is 12.1 Å². The molecule has 0 bridgehead atoms. The highest BCUT2D eigenvalue weighted by Gasteiger charge is 2.04. The lowest BCUT2D eigenvalue weighted by atomic mass is 10.2. The first kappa shape index (κ1) is 13.4. The van der Waals surface area contributed by atoms with Gasteiger partial charge < -0.3 is 5.73 Å². The van der Waals surface area contributed by atoms with Gasteiger partial charge in [0.25, 0.3) is 0 Å². The van der Waals surface area contributed by atoms with E-state index in [0.717, 1.165) is 6.08 Å². The molecule has 0 radical (unpaired) electrons. The van der Waals surface area contributed by atoms with Gasteiger partial charge in [-0.15, -0.1) is 13.2 Å². The monoisotopic (exact) mass is 173 g/mol. The molecule has 0 unspecified atom stereocenters. The largest absolute Gasteiger partial charge is 0.326 e. The molecule has 0 atom stereocenters. The lowest BCUT2D eigenvalue weighted by Gasteiger charge is -1.98. The van der Waals surface area contributed by atoms with E-state index < -0.39 is 11.7 Å². The summed E-state index contributed by atoms with van der Waals surface area (Å²) in [6, 6.07) is 0. The Morgan fingerprint density at radius 2 is 1.75 bits per heavy atom. The molecule has 0 rings (SSSR count). The van der Waals surface area contributed by atoms with Gasteiger partial charge in [-0.1, -0.05) is 13.2 Å². The Hall–Kier alpha value is -1.22. The molecule has 0 spiro atoms. The van der Waals surface area contributed by atoms with Crippen LogP contribution in [0.1, 0.15) is 0 Å². The van der Waals surface area contributed by atoms with Crippen molar-refractivity contribution in [1.29, 1.82) is 0 Å². The Kier molecular flexibility index (Phi) is 8.79. The Labute approximate surface area is 71.6 Å². The van der Waals surface area contributed by atoms with Gasteiger partial charge in [0, 0.05) is 12.1 Å². The average molecular weight is 173 g/mol. The van der Waals surface area contributed by atoms with Crippen molar-refractivity contribution in [2.45, 2.75) is 0 Å². The summed E-state index contributed by atoms with van der Waals surface area (Å²) in [5, 5.41) is 0. The quantitative estimate of drug-likeness (QED) is 0.515. The SMILES string of the molecule is C=C.C=C/C(F)=C(/CN)C(=C)F. The maximum atomic E-state index is 12.4. The van der Waals surface area contributed by atoms with E-state index in [1.165, 1.54) is 0 Å². The van der Waals surface area contributed by atoms with Gasteiger partial charge in [0.1, 0.15) is 11.7 Å². The zero-order valence-electron chi connectivity index (χ0n) is 6.95. The van der Waals surface area contributed by atoms with Gasteiger partial charge in [0.05, 0.1) is 0 Å². The van der Waals surface area contributed by atoms with Crippen molar-refractivity contribution in [3.8, 4) is 0 Å². The van der Waals surface area contributed by atoms with Crippen LogP contribution in [0.5, 0.6) is 0 Å². The van der Waals surface area contributed by atoms with Crippen LogP contribution in [0.2, 0.25) is 0 Å². The molecule has 0 saturated heterocycles. The maximum Gasteiger partial charge on any atom is 0.130 e. The third-order valence-electron chi connectivity index (χ3n) is 0.999. The fourth-order valence-electron chi connectivity index (χ4n) is 0.461. The van der Waals surface area contributed by atoms with Crippen molar-refractivity contribution in [3.63, 3.8) is 0 Å². The van der Waals surface area contributed by atoms with Gasteiger partial charge in [-0.25, -0.2) is 8.78 Å². The number of halogens is 2. The normalized spacial score (nSPS) is 10.6. The molecule has 68 valence electrons. The number of rotatable bonds is 3. The zero-order chi connectivity index (χ0) is 10.1. The Morgan fingerprint density at radius 3 is 1.83 bits per heavy atom. The highest BCUT2D eigenvalue weighted by molar-refractivity contribution is 5.31. The summed E-state index contributed by atoms with van der Waals surface area (Å²) in [6.07, 6.45) is 0.896. The van der Waals surface area contributed by atoms with Crippen molar-refractivity contribution in [2.24, 2.45) is 5.73 Å². The van der Waals surface area contributed by atoms with E-state index >= 15 is 0 Å². The van der Waals surface area contributed by atoms with Gasteiger partial charge in [-0.2, -0.15) is 0 Å².